The molecule has 2 aromatic rings. The van der Waals surface area contributed by atoms with Crippen molar-refractivity contribution in [2.75, 3.05) is 5.43 Å². The molecule has 0 aliphatic heterocycles. The molecule has 1 unspecified atom stereocenters. The van der Waals surface area contributed by atoms with Gasteiger partial charge in [0.1, 0.15) is 0 Å². The van der Waals surface area contributed by atoms with Crippen molar-refractivity contribution < 1.29 is 0 Å². The first kappa shape index (κ1) is 11.1. The third-order valence-electron chi connectivity index (χ3n) is 2.57. The van der Waals surface area contributed by atoms with Gasteiger partial charge in [-0.2, -0.15) is 0 Å². The van der Waals surface area contributed by atoms with Crippen LogP contribution in [0.25, 0.3) is 0 Å². The van der Waals surface area contributed by atoms with Crippen molar-refractivity contribution in [2.24, 2.45) is 0 Å². The van der Waals surface area contributed by atoms with E-state index in [-0.39, 0.29) is 6.04 Å². The van der Waals surface area contributed by atoms with Crippen LogP contribution in [0.5, 0.6) is 0 Å². The van der Waals surface area contributed by atoms with Crippen LogP contribution >= 0.6 is 11.6 Å². The lowest BCUT2D eigenvalue weighted by atomic mass is 10.1. The monoisotopic (exact) mass is 234 g/mol. The maximum atomic E-state index is 5.99. The standard InChI is InChI=1S/C13H15ClN2/c1-2-13(15-16-8-3-4-9-16)11-6-5-7-12(14)10-11/h3-10,13,15H,2H2,1H3. The average molecular weight is 235 g/mol. The minimum Gasteiger partial charge on any atom is -0.319 e. The highest BCUT2D eigenvalue weighted by Crippen LogP contribution is 2.21. The predicted molar refractivity (Wildman–Crippen MR) is 68.3 cm³/mol. The highest BCUT2D eigenvalue weighted by atomic mass is 35.5. The van der Waals surface area contributed by atoms with Gasteiger partial charge in [0.15, 0.2) is 0 Å². The van der Waals surface area contributed by atoms with E-state index in [1.165, 1.54) is 5.56 Å². The van der Waals surface area contributed by atoms with Gasteiger partial charge in [0, 0.05) is 17.4 Å². The highest BCUT2D eigenvalue weighted by Gasteiger charge is 2.08. The molecule has 2 nitrogen and oxygen atoms in total. The van der Waals surface area contributed by atoms with E-state index in [0.29, 0.717) is 0 Å². The van der Waals surface area contributed by atoms with Crippen molar-refractivity contribution in [3.63, 3.8) is 0 Å². The molecule has 0 amide bonds. The molecular formula is C13H15ClN2. The second kappa shape index (κ2) is 5.08. The molecular weight excluding hydrogens is 220 g/mol. The van der Waals surface area contributed by atoms with E-state index in [1.807, 2.05) is 47.4 Å². The lowest BCUT2D eigenvalue weighted by molar-refractivity contribution is 0.653. The Hall–Kier alpha value is -1.41. The van der Waals surface area contributed by atoms with E-state index in [2.05, 4.69) is 18.4 Å². The highest BCUT2D eigenvalue weighted by molar-refractivity contribution is 6.30. The number of nitrogens with one attached hydrogen (secondary N) is 1. The van der Waals surface area contributed by atoms with Crippen LogP contribution in [0, 0.1) is 0 Å². The Bertz CT molecular complexity index is 437. The summed E-state index contributed by atoms with van der Waals surface area (Å²) in [6.45, 7) is 2.15. The summed E-state index contributed by atoms with van der Waals surface area (Å²) in [7, 11) is 0. The van der Waals surface area contributed by atoms with Gasteiger partial charge in [0.2, 0.25) is 0 Å². The minimum absolute atomic E-state index is 0.283. The summed E-state index contributed by atoms with van der Waals surface area (Å²) < 4.78 is 1.97. The first-order valence-corrected chi connectivity index (χ1v) is 5.82. The zero-order valence-corrected chi connectivity index (χ0v) is 9.98. The van der Waals surface area contributed by atoms with Gasteiger partial charge in [0.05, 0.1) is 6.04 Å². The first-order chi connectivity index (χ1) is 7.79. The van der Waals surface area contributed by atoms with E-state index < -0.39 is 0 Å². The number of rotatable bonds is 4. The van der Waals surface area contributed by atoms with Gasteiger partial charge in [-0.3, -0.25) is 4.68 Å². The van der Waals surface area contributed by atoms with E-state index in [9.17, 15) is 0 Å². The van der Waals surface area contributed by atoms with Gasteiger partial charge >= 0.3 is 0 Å². The molecule has 1 atom stereocenters. The maximum Gasteiger partial charge on any atom is 0.0671 e. The Kier molecular flexibility index (Phi) is 3.52. The SMILES string of the molecule is CCC(Nn1cccc1)c1cccc(Cl)c1. The fraction of sp³-hybridized carbons (Fsp3) is 0.231. The van der Waals surface area contributed by atoms with Crippen molar-refractivity contribution in [3.8, 4) is 0 Å². The molecule has 0 spiro atoms. The van der Waals surface area contributed by atoms with Crippen molar-refractivity contribution in [2.45, 2.75) is 19.4 Å². The largest absolute Gasteiger partial charge is 0.319 e. The molecule has 16 heavy (non-hydrogen) atoms. The molecule has 0 fully saturated rings. The van der Waals surface area contributed by atoms with E-state index in [4.69, 9.17) is 11.6 Å². The third kappa shape index (κ3) is 2.58. The second-order valence-electron chi connectivity index (χ2n) is 3.74. The van der Waals surface area contributed by atoms with Crippen LogP contribution in [0.1, 0.15) is 24.9 Å². The normalized spacial score (nSPS) is 12.4. The molecule has 0 aliphatic rings. The summed E-state index contributed by atoms with van der Waals surface area (Å²) in [5.74, 6) is 0. The Morgan fingerprint density at radius 2 is 2.00 bits per heavy atom. The number of benzene rings is 1. The van der Waals surface area contributed by atoms with Crippen LogP contribution in [0.4, 0.5) is 0 Å². The number of aromatic nitrogens is 1. The molecule has 1 heterocycles. The van der Waals surface area contributed by atoms with Crippen molar-refractivity contribution in [1.29, 1.82) is 0 Å². The second-order valence-corrected chi connectivity index (χ2v) is 4.17. The van der Waals surface area contributed by atoms with E-state index in [1.54, 1.807) is 0 Å². The Morgan fingerprint density at radius 3 is 2.62 bits per heavy atom. The zero-order chi connectivity index (χ0) is 11.4. The van der Waals surface area contributed by atoms with Crippen LogP contribution in [0.15, 0.2) is 48.8 Å². The fourth-order valence-corrected chi connectivity index (χ4v) is 1.92. The van der Waals surface area contributed by atoms with Crippen molar-refractivity contribution in [3.05, 3.63) is 59.4 Å². The maximum absolute atomic E-state index is 5.99. The number of halogens is 1. The number of hydrogen-bond donors (Lipinski definition) is 1. The molecule has 0 aliphatic carbocycles. The first-order valence-electron chi connectivity index (χ1n) is 5.44. The predicted octanol–water partition coefficient (Wildman–Crippen LogP) is 3.84. The van der Waals surface area contributed by atoms with Crippen LogP contribution in [-0.2, 0) is 0 Å². The van der Waals surface area contributed by atoms with Gasteiger partial charge in [-0.15, -0.1) is 0 Å². The molecule has 3 heteroatoms. The molecule has 0 radical (unpaired) electrons. The molecule has 2 rings (SSSR count). The quantitative estimate of drug-likeness (QED) is 0.851. The van der Waals surface area contributed by atoms with Gasteiger partial charge in [-0.05, 0) is 36.2 Å². The average Bonchev–Trinajstić information content (AvgIpc) is 2.78. The third-order valence-corrected chi connectivity index (χ3v) is 2.80. The molecule has 0 bridgehead atoms. The topological polar surface area (TPSA) is 17.0 Å². The molecule has 1 N–H and O–H groups in total. The van der Waals surface area contributed by atoms with Gasteiger partial charge in [-0.1, -0.05) is 30.7 Å². The zero-order valence-electron chi connectivity index (χ0n) is 9.23. The molecule has 0 saturated carbocycles. The molecule has 1 aromatic heterocycles. The van der Waals surface area contributed by atoms with Gasteiger partial charge < -0.3 is 5.43 Å². The van der Waals surface area contributed by atoms with Gasteiger partial charge in [0.25, 0.3) is 0 Å². The van der Waals surface area contributed by atoms with Crippen molar-refractivity contribution >= 4 is 11.6 Å². The molecule has 84 valence electrons. The van der Waals surface area contributed by atoms with Crippen LogP contribution in [-0.4, -0.2) is 4.68 Å². The Balaban J connectivity index is 2.16. The number of hydrogen-bond acceptors (Lipinski definition) is 1. The fourth-order valence-electron chi connectivity index (χ4n) is 1.73. The molecule has 0 saturated heterocycles. The summed E-state index contributed by atoms with van der Waals surface area (Å²) in [5, 5.41) is 0.783. The van der Waals surface area contributed by atoms with E-state index in [0.717, 1.165) is 11.4 Å². The van der Waals surface area contributed by atoms with E-state index >= 15 is 0 Å². The Morgan fingerprint density at radius 1 is 1.25 bits per heavy atom. The smallest absolute Gasteiger partial charge is 0.0671 e. The summed E-state index contributed by atoms with van der Waals surface area (Å²) in [4.78, 5) is 0. The van der Waals surface area contributed by atoms with Crippen LogP contribution in [0.3, 0.4) is 0 Å². The van der Waals surface area contributed by atoms with Crippen molar-refractivity contribution in [1.82, 2.24) is 4.68 Å². The van der Waals surface area contributed by atoms with Gasteiger partial charge in [-0.25, -0.2) is 0 Å². The molecule has 1 aromatic carbocycles. The number of nitrogens with zero attached hydrogens (tertiary/aromatic N) is 1. The Labute approximate surface area is 101 Å². The van der Waals surface area contributed by atoms with Crippen LogP contribution in [0.2, 0.25) is 5.02 Å². The van der Waals surface area contributed by atoms with Crippen LogP contribution < -0.4 is 5.43 Å². The lowest BCUT2D eigenvalue weighted by Crippen LogP contribution is -2.18. The summed E-state index contributed by atoms with van der Waals surface area (Å²) in [6.07, 6.45) is 5.00. The minimum atomic E-state index is 0.283. The summed E-state index contributed by atoms with van der Waals surface area (Å²) in [5.41, 5.74) is 4.62. The summed E-state index contributed by atoms with van der Waals surface area (Å²) in [6, 6.07) is 12.3. The lowest BCUT2D eigenvalue weighted by Gasteiger charge is -2.19. The summed E-state index contributed by atoms with van der Waals surface area (Å²) >= 11 is 5.99.